The molecule has 0 heterocycles. The molecule has 1 aromatic carbocycles. The fraction of sp³-hybridized carbons (Fsp3) is 0.250. The highest BCUT2D eigenvalue weighted by molar-refractivity contribution is 5.53. The Hall–Kier alpha value is -1.30. The first kappa shape index (κ1) is 10.8. The van der Waals surface area contributed by atoms with E-state index in [1.807, 2.05) is 0 Å². The summed E-state index contributed by atoms with van der Waals surface area (Å²) in [5.41, 5.74) is 2.13. The maximum atomic E-state index is 12.3. The van der Waals surface area contributed by atoms with Gasteiger partial charge in [0.25, 0.3) is 0 Å². The first-order chi connectivity index (χ1) is 6.45. The van der Waals surface area contributed by atoms with Crippen molar-refractivity contribution in [3.8, 4) is 0 Å². The van der Waals surface area contributed by atoms with Crippen LogP contribution in [0.5, 0.6) is 0 Å². The van der Waals surface area contributed by atoms with Crippen LogP contribution in [0.15, 0.2) is 18.2 Å². The van der Waals surface area contributed by atoms with E-state index in [4.69, 9.17) is 0 Å². The minimum absolute atomic E-state index is 0.333. The molecule has 0 amide bonds. The van der Waals surface area contributed by atoms with Crippen molar-refractivity contribution in [3.63, 3.8) is 0 Å². The summed E-state index contributed by atoms with van der Waals surface area (Å²) >= 11 is 0. The van der Waals surface area contributed by atoms with Crippen molar-refractivity contribution in [2.75, 3.05) is 5.43 Å². The van der Waals surface area contributed by atoms with Crippen molar-refractivity contribution in [1.29, 1.82) is 0 Å². The number of hydrogen-bond acceptors (Lipinski definition) is 2. The molecule has 0 fully saturated rings. The van der Waals surface area contributed by atoms with Crippen LogP contribution in [0.3, 0.4) is 0 Å². The third-order valence-corrected chi connectivity index (χ3v) is 1.66. The highest BCUT2D eigenvalue weighted by atomic mass is 19.4. The second-order valence-corrected chi connectivity index (χ2v) is 2.77. The van der Waals surface area contributed by atoms with Crippen LogP contribution in [0.25, 0.3) is 0 Å². The number of benzene rings is 1. The summed E-state index contributed by atoms with van der Waals surface area (Å²) in [4.78, 5) is 0. The van der Waals surface area contributed by atoms with Gasteiger partial charge < -0.3 is 0 Å². The molecular weight excluding hydrogens is 200 g/mol. The molecule has 0 saturated heterocycles. The fourth-order valence-corrected chi connectivity index (χ4v) is 1.06. The molecular formula is C8H8F4N2. The van der Waals surface area contributed by atoms with Gasteiger partial charge in [0.1, 0.15) is 0 Å². The van der Waals surface area contributed by atoms with Crippen molar-refractivity contribution >= 4 is 5.69 Å². The van der Waals surface area contributed by atoms with Crippen LogP contribution in [0, 0.1) is 6.92 Å². The molecule has 2 N–H and O–H groups in total. The number of anilines is 1. The molecule has 78 valence electrons. The molecule has 0 bridgehead atoms. The van der Waals surface area contributed by atoms with E-state index in [0.29, 0.717) is 5.56 Å². The summed E-state index contributed by atoms with van der Waals surface area (Å²) in [5, 5.41) is 0. The maximum Gasteiger partial charge on any atom is 0.418 e. The molecule has 14 heavy (non-hydrogen) atoms. The average molecular weight is 208 g/mol. The standard InChI is InChI=1S/C8H8F4N2/c1-5-2-3-6(8(9,10)11)7(4-5)13-14-12/h2-4,13-14H,1H3. The third-order valence-electron chi connectivity index (χ3n) is 1.66. The molecule has 0 atom stereocenters. The van der Waals surface area contributed by atoms with Crippen LogP contribution in [0.4, 0.5) is 23.3 Å². The zero-order valence-corrected chi connectivity index (χ0v) is 7.24. The van der Waals surface area contributed by atoms with Crippen molar-refractivity contribution in [2.45, 2.75) is 13.1 Å². The Labute approximate surface area is 77.8 Å². The zero-order valence-electron chi connectivity index (χ0n) is 7.24. The number of nitrogens with one attached hydrogen (secondary N) is 2. The van der Waals surface area contributed by atoms with Crippen LogP contribution in [0.1, 0.15) is 11.1 Å². The van der Waals surface area contributed by atoms with E-state index in [1.165, 1.54) is 12.1 Å². The Morgan fingerprint density at radius 3 is 2.36 bits per heavy atom. The predicted molar refractivity (Wildman–Crippen MR) is 44.0 cm³/mol. The average Bonchev–Trinajstić information content (AvgIpc) is 2.02. The zero-order chi connectivity index (χ0) is 10.8. The Morgan fingerprint density at radius 2 is 1.86 bits per heavy atom. The van der Waals surface area contributed by atoms with Gasteiger partial charge in [0.15, 0.2) is 0 Å². The number of hydrogen-bond donors (Lipinski definition) is 2. The first-order valence-corrected chi connectivity index (χ1v) is 3.74. The fourth-order valence-electron chi connectivity index (χ4n) is 1.06. The lowest BCUT2D eigenvalue weighted by atomic mass is 10.1. The van der Waals surface area contributed by atoms with Gasteiger partial charge in [-0.2, -0.15) is 13.2 Å². The third kappa shape index (κ3) is 2.35. The molecule has 0 radical (unpaired) electrons. The summed E-state index contributed by atoms with van der Waals surface area (Å²) in [6.45, 7) is 1.61. The monoisotopic (exact) mass is 208 g/mol. The smallest absolute Gasteiger partial charge is 0.294 e. The Morgan fingerprint density at radius 1 is 1.21 bits per heavy atom. The summed E-state index contributed by atoms with van der Waals surface area (Å²) in [6, 6.07) is 3.41. The normalized spacial score (nSPS) is 11.5. The van der Waals surface area contributed by atoms with Gasteiger partial charge in [-0.25, -0.2) is 0 Å². The molecule has 0 aliphatic heterocycles. The number of hydrazine groups is 1. The minimum Gasteiger partial charge on any atom is -0.294 e. The molecule has 0 aliphatic carbocycles. The summed E-state index contributed by atoms with van der Waals surface area (Å²) in [5.74, 6) is 0. The van der Waals surface area contributed by atoms with E-state index in [1.54, 1.807) is 12.3 Å². The Kier molecular flexibility index (Phi) is 2.95. The van der Waals surface area contributed by atoms with Crippen molar-refractivity contribution < 1.29 is 17.7 Å². The van der Waals surface area contributed by atoms with Gasteiger partial charge >= 0.3 is 6.18 Å². The molecule has 0 saturated carbocycles. The quantitative estimate of drug-likeness (QED) is 0.443. The van der Waals surface area contributed by atoms with Crippen LogP contribution < -0.4 is 11.1 Å². The van der Waals surface area contributed by atoms with Crippen LogP contribution in [-0.4, -0.2) is 0 Å². The van der Waals surface area contributed by atoms with E-state index in [-0.39, 0.29) is 5.69 Å². The van der Waals surface area contributed by atoms with Gasteiger partial charge in [-0.1, -0.05) is 11.7 Å². The van der Waals surface area contributed by atoms with Gasteiger partial charge in [-0.05, 0) is 24.6 Å². The number of alkyl halides is 3. The summed E-state index contributed by atoms with van der Waals surface area (Å²) < 4.78 is 48.6. The second kappa shape index (κ2) is 3.83. The Bertz CT molecular complexity index is 322. The van der Waals surface area contributed by atoms with Gasteiger partial charge in [0.05, 0.1) is 11.3 Å². The predicted octanol–water partition coefficient (Wildman–Crippen LogP) is 2.81. The van der Waals surface area contributed by atoms with Crippen LogP contribution in [-0.2, 0) is 6.18 Å². The largest absolute Gasteiger partial charge is 0.418 e. The van der Waals surface area contributed by atoms with Crippen molar-refractivity contribution in [3.05, 3.63) is 29.3 Å². The lowest BCUT2D eigenvalue weighted by Gasteiger charge is -2.13. The first-order valence-electron chi connectivity index (χ1n) is 3.74. The molecule has 2 nitrogen and oxygen atoms in total. The highest BCUT2D eigenvalue weighted by Gasteiger charge is 2.33. The van der Waals surface area contributed by atoms with E-state index < -0.39 is 11.7 Å². The van der Waals surface area contributed by atoms with E-state index in [0.717, 1.165) is 11.7 Å². The van der Waals surface area contributed by atoms with Crippen molar-refractivity contribution in [2.24, 2.45) is 0 Å². The van der Waals surface area contributed by atoms with Crippen molar-refractivity contribution in [1.82, 2.24) is 5.65 Å². The van der Waals surface area contributed by atoms with E-state index in [9.17, 15) is 17.7 Å². The minimum atomic E-state index is -4.49. The van der Waals surface area contributed by atoms with Gasteiger partial charge in [0.2, 0.25) is 0 Å². The van der Waals surface area contributed by atoms with Gasteiger partial charge in [-0.15, -0.1) is 4.48 Å². The Balaban J connectivity index is 3.15. The molecule has 0 aromatic heterocycles. The SMILES string of the molecule is Cc1ccc(C(F)(F)F)c(NNF)c1. The summed E-state index contributed by atoms with van der Waals surface area (Å²) in [7, 11) is 0. The van der Waals surface area contributed by atoms with Gasteiger partial charge in [-0.3, -0.25) is 5.43 Å². The number of halogens is 4. The van der Waals surface area contributed by atoms with E-state index >= 15 is 0 Å². The lowest BCUT2D eigenvalue weighted by molar-refractivity contribution is -0.137. The molecule has 0 unspecified atom stereocenters. The molecule has 1 aromatic rings. The molecule has 0 spiro atoms. The lowest BCUT2D eigenvalue weighted by Crippen LogP contribution is -2.16. The number of rotatable bonds is 2. The van der Waals surface area contributed by atoms with Crippen LogP contribution >= 0.6 is 0 Å². The summed E-state index contributed by atoms with van der Waals surface area (Å²) in [6.07, 6.45) is -4.49. The molecule has 1 rings (SSSR count). The molecule has 0 aliphatic rings. The molecule has 6 heteroatoms. The van der Waals surface area contributed by atoms with E-state index in [2.05, 4.69) is 0 Å². The maximum absolute atomic E-state index is 12.3. The second-order valence-electron chi connectivity index (χ2n) is 2.77. The van der Waals surface area contributed by atoms with Gasteiger partial charge in [0, 0.05) is 0 Å². The van der Waals surface area contributed by atoms with Crippen LogP contribution in [0.2, 0.25) is 0 Å². The highest BCUT2D eigenvalue weighted by Crippen LogP contribution is 2.34. The number of aryl methyl sites for hydroxylation is 1. The topological polar surface area (TPSA) is 24.1 Å².